The summed E-state index contributed by atoms with van der Waals surface area (Å²) in [5.74, 6) is -1.52. The molecule has 4 aliphatic rings. The van der Waals surface area contributed by atoms with Crippen molar-refractivity contribution < 1.29 is 28.2 Å². The number of thiazole rings is 1. The van der Waals surface area contributed by atoms with Crippen molar-refractivity contribution in [2.45, 2.75) is 55.1 Å². The third-order valence-electron chi connectivity index (χ3n) is 8.22. The normalized spacial score (nSPS) is 33.8. The highest BCUT2D eigenvalue weighted by molar-refractivity contribution is 7.11. The van der Waals surface area contributed by atoms with E-state index in [1.807, 2.05) is 0 Å². The highest BCUT2D eigenvalue weighted by atomic mass is 35.5. The lowest BCUT2D eigenvalue weighted by Crippen LogP contribution is -2.52. The molecule has 6 rings (SSSR count). The predicted molar refractivity (Wildman–Crippen MR) is 137 cm³/mol. The van der Waals surface area contributed by atoms with Crippen molar-refractivity contribution in [1.29, 1.82) is 0 Å². The van der Waals surface area contributed by atoms with Crippen molar-refractivity contribution in [3.63, 3.8) is 0 Å². The maximum absolute atomic E-state index is 15.8. The van der Waals surface area contributed by atoms with Gasteiger partial charge in [-0.3, -0.25) is 14.7 Å². The van der Waals surface area contributed by atoms with E-state index in [-0.39, 0.29) is 43.7 Å². The summed E-state index contributed by atoms with van der Waals surface area (Å²) in [6, 6.07) is 4.60. The molecule has 1 aromatic heterocycles. The van der Waals surface area contributed by atoms with Gasteiger partial charge >= 0.3 is 11.9 Å². The fourth-order valence-corrected chi connectivity index (χ4v) is 7.32. The van der Waals surface area contributed by atoms with E-state index in [9.17, 15) is 14.7 Å². The number of nitrogens with one attached hydrogen (secondary N) is 1. The number of carbonyl (C=O) groups is 2. The maximum Gasteiger partial charge on any atom is 0.338 e. The molecule has 0 spiro atoms. The van der Waals surface area contributed by atoms with Crippen LogP contribution in [0.15, 0.2) is 52.1 Å². The fourth-order valence-electron chi connectivity index (χ4n) is 6.49. The summed E-state index contributed by atoms with van der Waals surface area (Å²) in [6.45, 7) is 0.0300. The predicted octanol–water partition coefficient (Wildman–Crippen LogP) is 4.07. The number of halogens is 3. The number of piperidine rings is 2. The molecule has 38 heavy (non-hydrogen) atoms. The van der Waals surface area contributed by atoms with Crippen LogP contribution in [0.3, 0.4) is 0 Å². The summed E-state index contributed by atoms with van der Waals surface area (Å²) < 4.78 is 36.8. The molecule has 0 radical (unpaired) electrons. The minimum atomic E-state index is -2.03. The van der Waals surface area contributed by atoms with Gasteiger partial charge in [0.1, 0.15) is 6.04 Å². The highest BCUT2D eigenvalue weighted by Gasteiger charge is 2.85. The van der Waals surface area contributed by atoms with Gasteiger partial charge in [0, 0.05) is 59.3 Å². The Morgan fingerprint density at radius 3 is 2.58 bits per heavy atom. The van der Waals surface area contributed by atoms with E-state index in [2.05, 4.69) is 10.3 Å². The zero-order valence-electron chi connectivity index (χ0n) is 20.4. The van der Waals surface area contributed by atoms with Crippen LogP contribution < -0.4 is 5.32 Å². The lowest BCUT2D eigenvalue weighted by atomic mass is 9.84. The van der Waals surface area contributed by atoms with Crippen LogP contribution in [0.2, 0.25) is 5.02 Å². The molecule has 2 aromatic rings. The number of carbonyl (C=O) groups excluding carboxylic acids is 1. The van der Waals surface area contributed by atoms with E-state index in [4.69, 9.17) is 21.3 Å². The minimum Gasteiger partial charge on any atom is -0.481 e. The van der Waals surface area contributed by atoms with Gasteiger partial charge in [0.2, 0.25) is 0 Å². The molecule has 2 saturated heterocycles. The van der Waals surface area contributed by atoms with E-state index < -0.39 is 41.4 Å². The number of amidine groups is 1. The molecule has 2 bridgehead atoms. The first-order valence-corrected chi connectivity index (χ1v) is 13.6. The number of nitrogens with zero attached hydrogens (tertiary/aromatic N) is 3. The van der Waals surface area contributed by atoms with Gasteiger partial charge in [-0.1, -0.05) is 29.8 Å². The van der Waals surface area contributed by atoms with Gasteiger partial charge in [-0.05, 0) is 24.8 Å². The summed E-state index contributed by atoms with van der Waals surface area (Å²) >= 11 is 7.88. The van der Waals surface area contributed by atoms with Gasteiger partial charge in [0.15, 0.2) is 22.2 Å². The summed E-state index contributed by atoms with van der Waals surface area (Å²) in [4.78, 5) is 35.4. The van der Waals surface area contributed by atoms with Gasteiger partial charge in [-0.25, -0.2) is 18.6 Å². The Hall–Kier alpha value is -2.89. The van der Waals surface area contributed by atoms with Gasteiger partial charge in [0.05, 0.1) is 12.7 Å². The zero-order chi connectivity index (χ0) is 26.8. The molecule has 3 aliphatic heterocycles. The number of fused-ring (bicyclic) bond motifs is 5. The molecule has 4 heterocycles. The molecule has 5 atom stereocenters. The van der Waals surface area contributed by atoms with Gasteiger partial charge in [0.25, 0.3) is 0 Å². The largest absolute Gasteiger partial charge is 0.481 e. The van der Waals surface area contributed by atoms with E-state index in [1.54, 1.807) is 40.7 Å². The third-order valence-corrected chi connectivity index (χ3v) is 9.34. The highest BCUT2D eigenvalue weighted by Crippen LogP contribution is 2.70. The molecular weight excluding hydrogens is 538 g/mol. The van der Waals surface area contributed by atoms with E-state index in [1.165, 1.54) is 18.4 Å². The number of carboxylic acids is 1. The van der Waals surface area contributed by atoms with Crippen molar-refractivity contribution in [3.05, 3.63) is 62.7 Å². The van der Waals surface area contributed by atoms with E-state index in [0.29, 0.717) is 27.1 Å². The monoisotopic (exact) mass is 562 g/mol. The molecule has 3 fully saturated rings. The van der Waals surface area contributed by atoms with Crippen LogP contribution in [-0.2, 0) is 14.3 Å². The number of aliphatic imine (C=N–C) groups is 1. The lowest BCUT2D eigenvalue weighted by Gasteiger charge is -2.42. The van der Waals surface area contributed by atoms with Crippen molar-refractivity contribution >= 4 is 40.7 Å². The second-order valence-corrected chi connectivity index (χ2v) is 11.6. The average Bonchev–Trinajstić information content (AvgIpc) is 3.19. The number of hydrogen-bond donors (Lipinski definition) is 2. The minimum absolute atomic E-state index is 0.0300. The zero-order valence-corrected chi connectivity index (χ0v) is 21.9. The molecule has 1 aliphatic carbocycles. The Kier molecular flexibility index (Phi) is 6.08. The quantitative estimate of drug-likeness (QED) is 0.490. The molecule has 1 saturated carbocycles. The maximum atomic E-state index is 15.8. The molecule has 5 unspecified atom stereocenters. The Bertz CT molecular complexity index is 1350. The molecule has 1 aromatic carbocycles. The SMILES string of the molecule is COC(=O)C1=C(CN2C3CC(CC(=O)O)CC2C2(F)CC32F)NC(c2nccs2)=NC1c1ccccc1Cl. The Balaban J connectivity index is 1.42. The Morgan fingerprint density at radius 2 is 1.97 bits per heavy atom. The molecule has 12 heteroatoms. The topological polar surface area (TPSA) is 104 Å². The van der Waals surface area contributed by atoms with Gasteiger partial charge in [-0.15, -0.1) is 11.3 Å². The first-order chi connectivity index (χ1) is 18.2. The third kappa shape index (κ3) is 3.85. The standard InChI is InChI=1S/C26H25ClF2N4O4S/c1-37-24(36)20-16(11-33-17-8-13(10-19(34)35)9-18(33)26(29)12-25(17,26)28)31-22(23-30-6-7-38-23)32-21(20)14-4-2-3-5-15(14)27/h2-7,13,17-18,21H,8-12H2,1H3,(H,31,32)(H,34,35). The van der Waals surface area contributed by atoms with Crippen molar-refractivity contribution in [3.8, 4) is 0 Å². The first kappa shape index (κ1) is 25.4. The number of rotatable bonds is 7. The summed E-state index contributed by atoms with van der Waals surface area (Å²) in [5, 5.41) is 15.3. The average molecular weight is 563 g/mol. The summed E-state index contributed by atoms with van der Waals surface area (Å²) in [6.07, 6.45) is 1.78. The number of aliphatic carboxylic acids is 1. The number of carboxylic acid groups (broad SMARTS) is 1. The van der Waals surface area contributed by atoms with E-state index in [0.717, 1.165) is 0 Å². The van der Waals surface area contributed by atoms with Crippen molar-refractivity contribution in [2.75, 3.05) is 13.7 Å². The van der Waals surface area contributed by atoms with Crippen molar-refractivity contribution in [2.24, 2.45) is 10.9 Å². The second-order valence-electron chi connectivity index (χ2n) is 10.3. The molecule has 2 N–H and O–H groups in total. The van der Waals surface area contributed by atoms with Crippen LogP contribution in [0.5, 0.6) is 0 Å². The van der Waals surface area contributed by atoms with Crippen LogP contribution in [0.1, 0.15) is 42.3 Å². The Morgan fingerprint density at radius 1 is 1.26 bits per heavy atom. The van der Waals surface area contributed by atoms with Crippen LogP contribution in [0.25, 0.3) is 0 Å². The van der Waals surface area contributed by atoms with Gasteiger partial charge in [-0.2, -0.15) is 0 Å². The van der Waals surface area contributed by atoms with Crippen LogP contribution >= 0.6 is 22.9 Å². The number of alkyl halides is 2. The number of benzene rings is 1. The molecule has 200 valence electrons. The summed E-state index contributed by atoms with van der Waals surface area (Å²) in [5.41, 5.74) is -2.87. The Labute approximate surface area is 226 Å². The fraction of sp³-hybridized carbons (Fsp3) is 0.462. The smallest absolute Gasteiger partial charge is 0.338 e. The number of aromatic nitrogens is 1. The van der Waals surface area contributed by atoms with Crippen LogP contribution in [-0.4, -0.2) is 69.8 Å². The number of methoxy groups -OCH3 is 1. The number of esters is 1. The lowest BCUT2D eigenvalue weighted by molar-refractivity contribution is -0.139. The van der Waals surface area contributed by atoms with E-state index >= 15 is 8.78 Å². The van der Waals surface area contributed by atoms with Crippen LogP contribution in [0.4, 0.5) is 8.78 Å². The molecular formula is C26H25ClF2N4O4S. The first-order valence-electron chi connectivity index (χ1n) is 12.3. The van der Waals surface area contributed by atoms with Gasteiger partial charge < -0.3 is 15.2 Å². The van der Waals surface area contributed by atoms with Crippen LogP contribution in [0, 0.1) is 5.92 Å². The number of hydrogen-bond acceptors (Lipinski definition) is 8. The van der Waals surface area contributed by atoms with Crippen molar-refractivity contribution in [1.82, 2.24) is 15.2 Å². The molecule has 0 amide bonds. The second kappa shape index (κ2) is 9.10. The summed E-state index contributed by atoms with van der Waals surface area (Å²) in [7, 11) is 1.26. The number of ether oxygens (including phenoxy) is 1. The molecule has 8 nitrogen and oxygen atoms in total.